The van der Waals surface area contributed by atoms with Crippen molar-refractivity contribution in [1.29, 1.82) is 0 Å². The van der Waals surface area contributed by atoms with Crippen molar-refractivity contribution in [3.05, 3.63) is 79.4 Å². The molecule has 0 aromatic heterocycles. The molecule has 0 amide bonds. The first-order chi connectivity index (χ1) is 13.3. The summed E-state index contributed by atoms with van der Waals surface area (Å²) >= 11 is 0. The number of hydrogen-bond acceptors (Lipinski definition) is 5. The van der Waals surface area contributed by atoms with Crippen LogP contribution >= 0.6 is 0 Å². The fourth-order valence-electron chi connectivity index (χ4n) is 1.36. The maximum atomic E-state index is 10.4. The van der Waals surface area contributed by atoms with Crippen molar-refractivity contribution in [2.45, 2.75) is 26.2 Å². The van der Waals surface area contributed by atoms with E-state index in [9.17, 15) is 9.59 Å². The second-order valence-electron chi connectivity index (χ2n) is 5.17. The average Bonchev–Trinajstić information content (AvgIpc) is 2.69. The molecule has 0 bridgehead atoms. The fourth-order valence-corrected chi connectivity index (χ4v) is 1.36. The van der Waals surface area contributed by atoms with Crippen LogP contribution in [0, 0.1) is 0 Å². The van der Waals surface area contributed by atoms with Gasteiger partial charge in [0.2, 0.25) is 0 Å². The number of benzene rings is 1. The molecule has 0 saturated carbocycles. The number of rotatable bonds is 9. The first-order valence-corrected chi connectivity index (χ1v) is 8.53. The van der Waals surface area contributed by atoms with Crippen LogP contribution in [0.4, 0.5) is 0 Å². The van der Waals surface area contributed by atoms with Crippen LogP contribution in [-0.2, 0) is 19.1 Å². The molecule has 6 nitrogen and oxygen atoms in total. The Morgan fingerprint density at radius 2 is 1.69 bits per heavy atom. The Balaban J connectivity index is -0.000000390. The molecule has 0 heterocycles. The summed E-state index contributed by atoms with van der Waals surface area (Å²) in [5, 5.41) is 17.7. The van der Waals surface area contributed by atoms with Crippen LogP contribution < -0.4 is 34.7 Å². The molecule has 1 N–H and O–H groups in total. The van der Waals surface area contributed by atoms with E-state index < -0.39 is 11.9 Å². The molecule has 1 aromatic carbocycles. The number of hydrogen-bond donors (Lipinski definition) is 1. The molecule has 0 aliphatic heterocycles. The average molecular weight is 410 g/mol. The van der Waals surface area contributed by atoms with Gasteiger partial charge in [0.1, 0.15) is 0 Å². The van der Waals surface area contributed by atoms with Gasteiger partial charge in [0.05, 0.1) is 12.6 Å². The van der Waals surface area contributed by atoms with Gasteiger partial charge in [-0.05, 0) is 24.5 Å². The SMILES string of the molecule is C=C(CC=Cc1ccccc1)C(=O)O.C=CC(=O)OCCCC.C=CC(=O)[O-].[Na+]. The molecule has 152 valence electrons. The van der Waals surface area contributed by atoms with Crippen molar-refractivity contribution in [2.24, 2.45) is 0 Å². The van der Waals surface area contributed by atoms with Crippen LogP contribution in [0.5, 0.6) is 0 Å². The van der Waals surface area contributed by atoms with Gasteiger partial charge in [-0.1, -0.05) is 75.6 Å². The molecule has 0 spiro atoms. The molecule has 0 fully saturated rings. The van der Waals surface area contributed by atoms with Gasteiger partial charge in [-0.2, -0.15) is 0 Å². The molecule has 0 aliphatic rings. The third-order valence-corrected chi connectivity index (χ3v) is 2.85. The Morgan fingerprint density at radius 1 is 1.14 bits per heavy atom. The maximum Gasteiger partial charge on any atom is 1.00 e. The number of carboxylic acids is 2. The number of aliphatic carboxylic acids is 2. The summed E-state index contributed by atoms with van der Waals surface area (Å²) in [6.07, 6.45) is 7.93. The number of ether oxygens (including phenoxy) is 1. The molecule has 0 aliphatic carbocycles. The molecule has 1 rings (SSSR count). The van der Waals surface area contributed by atoms with Crippen molar-refractivity contribution in [2.75, 3.05) is 6.61 Å². The molecule has 1 aromatic rings. The predicted octanol–water partition coefficient (Wildman–Crippen LogP) is 0.173. The van der Waals surface area contributed by atoms with Crippen LogP contribution in [0.1, 0.15) is 31.7 Å². The van der Waals surface area contributed by atoms with Gasteiger partial charge in [0.25, 0.3) is 0 Å². The summed E-state index contributed by atoms with van der Waals surface area (Å²) in [4.78, 5) is 29.9. The van der Waals surface area contributed by atoms with Gasteiger partial charge in [-0.3, -0.25) is 0 Å². The summed E-state index contributed by atoms with van der Waals surface area (Å²) in [7, 11) is 0. The molecule has 7 heteroatoms. The first-order valence-electron chi connectivity index (χ1n) is 8.53. The maximum absolute atomic E-state index is 10.4. The van der Waals surface area contributed by atoms with Gasteiger partial charge in [0, 0.05) is 11.6 Å². The fraction of sp³-hybridized carbons (Fsp3) is 0.227. The number of carbonyl (C=O) groups is 3. The van der Waals surface area contributed by atoms with Crippen molar-refractivity contribution >= 4 is 24.0 Å². The van der Waals surface area contributed by atoms with Gasteiger partial charge in [0.15, 0.2) is 0 Å². The monoisotopic (exact) mass is 410 g/mol. The molecular weight excluding hydrogens is 383 g/mol. The van der Waals surface area contributed by atoms with Gasteiger partial charge < -0.3 is 19.7 Å². The first kappa shape index (κ1) is 31.3. The van der Waals surface area contributed by atoms with Crippen molar-refractivity contribution in [1.82, 2.24) is 0 Å². The summed E-state index contributed by atoms with van der Waals surface area (Å²) in [5.41, 5.74) is 1.27. The number of carboxylic acid groups (broad SMARTS) is 2. The van der Waals surface area contributed by atoms with E-state index in [4.69, 9.17) is 15.0 Å². The summed E-state index contributed by atoms with van der Waals surface area (Å²) < 4.78 is 4.67. The molecule has 0 saturated heterocycles. The summed E-state index contributed by atoms with van der Waals surface area (Å²) in [6.45, 7) is 12.2. The van der Waals surface area contributed by atoms with Crippen LogP contribution in [0.3, 0.4) is 0 Å². The third-order valence-electron chi connectivity index (χ3n) is 2.85. The van der Waals surface area contributed by atoms with Gasteiger partial charge in [-0.25, -0.2) is 9.59 Å². The Kier molecular flexibility index (Phi) is 23.6. The smallest absolute Gasteiger partial charge is 0.545 e. The molecule has 0 unspecified atom stereocenters. The summed E-state index contributed by atoms with van der Waals surface area (Å²) in [5.74, 6) is -2.50. The van der Waals surface area contributed by atoms with Crippen molar-refractivity contribution < 1.29 is 58.9 Å². The van der Waals surface area contributed by atoms with E-state index in [0.29, 0.717) is 13.0 Å². The van der Waals surface area contributed by atoms with Crippen LogP contribution in [0.15, 0.2) is 73.9 Å². The van der Waals surface area contributed by atoms with Gasteiger partial charge >= 0.3 is 41.5 Å². The largest absolute Gasteiger partial charge is 1.00 e. The van der Waals surface area contributed by atoms with E-state index >= 15 is 0 Å². The summed E-state index contributed by atoms with van der Waals surface area (Å²) in [6, 6.07) is 9.73. The van der Waals surface area contributed by atoms with E-state index in [1.807, 2.05) is 43.3 Å². The van der Waals surface area contributed by atoms with Crippen LogP contribution in [0.2, 0.25) is 0 Å². The normalized spacial score (nSPS) is 8.72. The van der Waals surface area contributed by atoms with E-state index in [0.717, 1.165) is 24.5 Å². The molecule has 29 heavy (non-hydrogen) atoms. The minimum absolute atomic E-state index is 0. The predicted molar refractivity (Wildman–Crippen MR) is 108 cm³/mol. The van der Waals surface area contributed by atoms with Crippen molar-refractivity contribution in [3.8, 4) is 0 Å². The second-order valence-corrected chi connectivity index (χ2v) is 5.17. The van der Waals surface area contributed by atoms with E-state index in [1.165, 1.54) is 6.08 Å². The van der Waals surface area contributed by atoms with Crippen LogP contribution in [0.25, 0.3) is 6.08 Å². The Morgan fingerprint density at radius 3 is 2.10 bits per heavy atom. The number of esters is 1. The molecular formula is C22H27NaO6. The van der Waals surface area contributed by atoms with E-state index in [1.54, 1.807) is 6.08 Å². The Labute approximate surface area is 194 Å². The number of allylic oxidation sites excluding steroid dienone is 1. The minimum atomic E-state index is -1.23. The van der Waals surface area contributed by atoms with Crippen molar-refractivity contribution in [3.63, 3.8) is 0 Å². The Hall–Kier alpha value is -2.41. The van der Waals surface area contributed by atoms with E-state index in [-0.39, 0.29) is 41.1 Å². The number of carbonyl (C=O) groups excluding carboxylic acids is 2. The van der Waals surface area contributed by atoms with Crippen LogP contribution in [-0.4, -0.2) is 29.6 Å². The Bertz CT molecular complexity index is 665. The molecule has 0 atom stereocenters. The zero-order valence-corrected chi connectivity index (χ0v) is 19.1. The second kappa shape index (κ2) is 21.9. The topological polar surface area (TPSA) is 104 Å². The standard InChI is InChI=1S/C12H12O2.C7H12O2.C3H4O2.Na/c1-10(12(13)14)6-5-9-11-7-3-2-4-8-11;1-3-5-6-9-7(8)4-2;1-2-3(4)5;/h2-5,7-9H,1,6H2,(H,13,14);4H,2-3,5-6H2,1H3;2H,1H2,(H,4,5);/q;;;+1/p-1. The van der Waals surface area contributed by atoms with E-state index in [2.05, 4.69) is 24.5 Å². The zero-order valence-electron chi connectivity index (χ0n) is 17.1. The number of unbranched alkanes of at least 4 members (excludes halogenated alkanes) is 1. The third kappa shape index (κ3) is 23.6. The quantitative estimate of drug-likeness (QED) is 0.269. The molecule has 0 radical (unpaired) electrons. The zero-order chi connectivity index (χ0) is 21.8. The van der Waals surface area contributed by atoms with Gasteiger partial charge in [-0.15, -0.1) is 0 Å². The minimum Gasteiger partial charge on any atom is -0.545 e.